The first kappa shape index (κ1) is 90.5. The summed E-state index contributed by atoms with van der Waals surface area (Å²) in [4.78, 5) is 74.4. The topological polar surface area (TPSA) is 313 Å². The van der Waals surface area contributed by atoms with E-state index in [9.17, 15) is 50.7 Å². The molecule has 9 aromatic rings. The number of aldehydes is 1. The Morgan fingerprint density at radius 3 is 1.06 bits per heavy atom. The number of esters is 5. The number of rotatable bonds is 27. The fraction of sp³-hybridized carbons (Fsp3) is 0.340. The van der Waals surface area contributed by atoms with Gasteiger partial charge in [-0.15, -0.1) is 23.5 Å². The smallest absolute Gasteiger partial charge is 0.309 e. The van der Waals surface area contributed by atoms with Gasteiger partial charge in [0.05, 0.1) is 50.1 Å². The van der Waals surface area contributed by atoms with E-state index < -0.39 is 44.1 Å². The standard InChI is InChI=1S/C26H27NO2S2.C21H25NO4S.C20H23NO5S.C14H17NO3.C13H14O2/c27-24-17-20(25(28)29-18-19-10-4-1-5-11-19)16-23(24)26(30-21-12-6-2-7-13-21)31-22-14-8-3-9-15-22;1-15-8-10-19(11-9-15)27(24,25)22-20-13-18(12-16(20)2)21(23)26-14-17-6-4-3-5-7-17;1-14-7-9-17(10-8-14)27(24,25)21-18-11-16(12-19(18)22)20(23)26-13-15-5-3-2-4-6-15;15-13-7-11(6-12(13)8-16)14(17)18-9-10-4-2-1-3-5-10;14-13(12-8-4-5-9-12)15-10-11-6-2-1-3-7-11/h1-15,20,23-24,26H,16-18,27H2;3-11,16,18,20,22H,12-14H2,1-2H3;2-10,16,18-19,21-22H,11-13H2,1H3;1-5,8,11-13H,6-7,9,15H2;1-7,12H,8-10H2. The largest absolute Gasteiger partial charge is 0.461 e. The molecule has 7 N–H and O–H groups in total. The Morgan fingerprint density at radius 1 is 0.398 bits per heavy atom. The van der Waals surface area contributed by atoms with Crippen LogP contribution in [0.15, 0.2) is 293 Å². The Balaban J connectivity index is 0.000000159. The van der Waals surface area contributed by atoms with E-state index in [2.05, 4.69) is 58.0 Å². The molecule has 622 valence electrons. The number of nitrogens with one attached hydrogen (secondary N) is 2. The lowest BCUT2D eigenvalue weighted by Gasteiger charge is -2.26. The quantitative estimate of drug-likeness (QED) is 0.00797. The summed E-state index contributed by atoms with van der Waals surface area (Å²) in [6.45, 7) is 7.12. The number of carbonyl (C=O) groups excluding carboxylic acids is 6. The van der Waals surface area contributed by atoms with Crippen molar-refractivity contribution in [1.29, 1.82) is 0 Å². The molecule has 9 aromatic carbocycles. The van der Waals surface area contributed by atoms with Crippen LogP contribution < -0.4 is 20.9 Å². The number of hydrogen-bond donors (Lipinski definition) is 5. The number of aliphatic hydroxyl groups is 1. The monoisotopic (exact) mass is 1670 g/mol. The Bertz CT molecular complexity index is 4680. The number of ether oxygens (including phenoxy) is 5. The minimum atomic E-state index is -3.76. The number of aliphatic hydroxyl groups excluding tert-OH is 1. The molecule has 4 saturated carbocycles. The summed E-state index contributed by atoms with van der Waals surface area (Å²) in [5.41, 5.74) is 19.2. The maximum absolute atomic E-state index is 12.8. The number of nitrogens with two attached hydrogens (primary N) is 2. The minimum absolute atomic E-state index is 0.0216. The van der Waals surface area contributed by atoms with Crippen LogP contribution in [0.5, 0.6) is 0 Å². The molecule has 4 fully saturated rings. The predicted octanol–water partition coefficient (Wildman–Crippen LogP) is 15.6. The lowest BCUT2D eigenvalue weighted by molar-refractivity contribution is -0.150. The summed E-state index contributed by atoms with van der Waals surface area (Å²) in [5, 5.41) is 10.2. The molecule has 0 radical (unpaired) electrons. The normalized spacial score (nSPS) is 21.8. The molecule has 5 aliphatic rings. The summed E-state index contributed by atoms with van der Waals surface area (Å²) in [7, 11) is -7.36. The van der Waals surface area contributed by atoms with Gasteiger partial charge in [-0.1, -0.05) is 243 Å². The van der Waals surface area contributed by atoms with E-state index in [1.165, 1.54) is 21.9 Å². The highest BCUT2D eigenvalue weighted by Crippen LogP contribution is 2.47. The van der Waals surface area contributed by atoms with Crippen LogP contribution in [0.3, 0.4) is 0 Å². The maximum atomic E-state index is 12.8. The molecule has 0 aliphatic heterocycles. The van der Waals surface area contributed by atoms with Crippen molar-refractivity contribution in [3.63, 3.8) is 0 Å². The number of benzene rings is 9. The first-order valence-electron chi connectivity index (χ1n) is 39.9. The summed E-state index contributed by atoms with van der Waals surface area (Å²) in [5.74, 6) is -2.20. The van der Waals surface area contributed by atoms with Gasteiger partial charge in [-0.25, -0.2) is 26.3 Å². The third-order valence-corrected chi connectivity index (χ3v) is 27.2. The summed E-state index contributed by atoms with van der Waals surface area (Å²) >= 11 is 3.68. The zero-order valence-corrected chi connectivity index (χ0v) is 69.9. The zero-order chi connectivity index (χ0) is 83.8. The van der Waals surface area contributed by atoms with Gasteiger partial charge in [-0.05, 0) is 166 Å². The molecule has 12 unspecified atom stereocenters. The van der Waals surface area contributed by atoms with Crippen LogP contribution >= 0.6 is 23.5 Å². The van der Waals surface area contributed by atoms with Crippen LogP contribution in [0.1, 0.15) is 110 Å². The second-order valence-electron chi connectivity index (χ2n) is 30.4. The van der Waals surface area contributed by atoms with E-state index in [1.54, 1.807) is 36.4 Å². The van der Waals surface area contributed by atoms with Gasteiger partial charge in [0, 0.05) is 39.9 Å². The molecule has 0 heterocycles. The molecular formula is C94H106N4O16S4. The Labute approximate surface area is 702 Å². The van der Waals surface area contributed by atoms with Crippen molar-refractivity contribution in [2.45, 2.75) is 172 Å². The van der Waals surface area contributed by atoms with Gasteiger partial charge < -0.3 is 45.1 Å². The van der Waals surface area contributed by atoms with Gasteiger partial charge in [0.1, 0.15) is 39.3 Å². The first-order chi connectivity index (χ1) is 56.9. The summed E-state index contributed by atoms with van der Waals surface area (Å²) in [6.07, 6.45) is 9.59. The molecule has 20 nitrogen and oxygen atoms in total. The van der Waals surface area contributed by atoms with Crippen LogP contribution in [0.2, 0.25) is 0 Å². The van der Waals surface area contributed by atoms with E-state index in [0.717, 1.165) is 64.5 Å². The molecule has 14 rings (SSSR count). The van der Waals surface area contributed by atoms with Crippen molar-refractivity contribution in [1.82, 2.24) is 9.44 Å². The molecule has 0 saturated heterocycles. The highest BCUT2D eigenvalue weighted by atomic mass is 32.2. The van der Waals surface area contributed by atoms with Crippen LogP contribution in [0, 0.1) is 61.2 Å². The van der Waals surface area contributed by atoms with Gasteiger partial charge in [-0.2, -0.15) is 0 Å². The SMILES string of the molecule is Cc1ccc(S(=O)(=O)NC2CC(C(=O)OCc3ccccc3)CC2C)cc1.Cc1ccc(S(=O)(=O)NC2CC(C(=O)OCc3ccccc3)CC2O)cc1.NC1CC(C(=O)OCc2ccccc2)CC1C(Sc1ccccc1)Sc1ccccc1.NC1CC(C(=O)OCc2ccccc2)CC1C=O.O=C(OCc1ccccc1)C1CC=CC1. The van der Waals surface area contributed by atoms with E-state index in [-0.39, 0.29) is 130 Å². The molecule has 0 bridgehead atoms. The van der Waals surface area contributed by atoms with E-state index in [0.29, 0.717) is 45.3 Å². The molecule has 0 aromatic heterocycles. The minimum Gasteiger partial charge on any atom is -0.461 e. The first-order valence-corrected chi connectivity index (χ1v) is 44.6. The van der Waals surface area contributed by atoms with Crippen LogP contribution in [-0.4, -0.2) is 92.9 Å². The molecule has 24 heteroatoms. The second kappa shape index (κ2) is 45.9. The van der Waals surface area contributed by atoms with E-state index in [4.69, 9.17) is 35.2 Å². The van der Waals surface area contributed by atoms with Gasteiger partial charge in [-0.3, -0.25) is 24.0 Å². The lowest BCUT2D eigenvalue weighted by Crippen LogP contribution is -2.39. The number of sulfonamides is 2. The van der Waals surface area contributed by atoms with Crippen LogP contribution in [0.4, 0.5) is 0 Å². The highest BCUT2D eigenvalue weighted by Gasteiger charge is 2.44. The molecule has 0 amide bonds. The number of thioether (sulfide) groups is 2. The van der Waals surface area contributed by atoms with Crippen molar-refractivity contribution >= 4 is 79.7 Å². The third kappa shape index (κ3) is 28.7. The van der Waals surface area contributed by atoms with Gasteiger partial charge >= 0.3 is 29.8 Å². The van der Waals surface area contributed by atoms with E-state index in [1.807, 2.05) is 220 Å². The second-order valence-corrected chi connectivity index (χ2v) is 36.6. The molecule has 0 spiro atoms. The molecule has 12 atom stereocenters. The summed E-state index contributed by atoms with van der Waals surface area (Å²) in [6, 6.07) is 80.8. The third-order valence-electron chi connectivity index (χ3n) is 21.3. The molecule has 5 aliphatic carbocycles. The number of hydrogen-bond acceptors (Lipinski definition) is 20. The number of aryl methyl sites for hydroxylation is 2. The van der Waals surface area contributed by atoms with Crippen LogP contribution in [0.25, 0.3) is 0 Å². The lowest BCUT2D eigenvalue weighted by atomic mass is 10.1. The highest BCUT2D eigenvalue weighted by molar-refractivity contribution is 8.17. The van der Waals surface area contributed by atoms with Crippen molar-refractivity contribution in [3.05, 3.63) is 312 Å². The molecular weight excluding hydrogens is 1570 g/mol. The van der Waals surface area contributed by atoms with Gasteiger partial charge in [0.25, 0.3) is 0 Å². The number of carbonyl (C=O) groups is 6. The Kier molecular flexibility index (Phi) is 35.2. The van der Waals surface area contributed by atoms with Crippen molar-refractivity contribution < 1.29 is 74.4 Å². The van der Waals surface area contributed by atoms with Crippen molar-refractivity contribution in [2.75, 3.05) is 0 Å². The van der Waals surface area contributed by atoms with Gasteiger partial charge in [0.15, 0.2) is 0 Å². The Hall–Kier alpha value is -9.86. The predicted molar refractivity (Wildman–Crippen MR) is 457 cm³/mol. The zero-order valence-electron chi connectivity index (χ0n) is 66.6. The maximum Gasteiger partial charge on any atom is 0.309 e. The van der Waals surface area contributed by atoms with Crippen LogP contribution in [-0.2, 0) is 106 Å². The Morgan fingerprint density at radius 2 is 0.703 bits per heavy atom. The van der Waals surface area contributed by atoms with Gasteiger partial charge in [0.2, 0.25) is 20.0 Å². The average molecular weight is 1680 g/mol. The fourth-order valence-electron chi connectivity index (χ4n) is 14.5. The van der Waals surface area contributed by atoms with Crippen molar-refractivity contribution in [3.8, 4) is 0 Å². The van der Waals surface area contributed by atoms with Crippen molar-refractivity contribution in [2.24, 2.45) is 58.8 Å². The molecule has 118 heavy (non-hydrogen) atoms. The average Bonchev–Trinajstić information content (AvgIpc) is 1.64. The van der Waals surface area contributed by atoms with E-state index >= 15 is 0 Å². The summed E-state index contributed by atoms with van der Waals surface area (Å²) < 4.78 is 82.5. The fourth-order valence-corrected chi connectivity index (χ4v) is 20.1. The number of allylic oxidation sites excluding steroid dienone is 2.